The molecular formula is C26H31ClN2O4S2. The first-order valence-electron chi connectivity index (χ1n) is 11.9. The molecule has 0 aliphatic carbocycles. The highest BCUT2D eigenvalue weighted by Gasteiger charge is 2.34. The van der Waals surface area contributed by atoms with Crippen LogP contribution >= 0.6 is 34.7 Å². The van der Waals surface area contributed by atoms with Gasteiger partial charge in [0.05, 0.1) is 33.9 Å². The van der Waals surface area contributed by atoms with E-state index in [4.69, 9.17) is 16.3 Å². The van der Waals surface area contributed by atoms with Crippen molar-refractivity contribution in [3.05, 3.63) is 52.5 Å². The number of nitrogens with zero attached hydrogens (tertiary/aromatic N) is 2. The van der Waals surface area contributed by atoms with Crippen molar-refractivity contribution >= 4 is 51.6 Å². The summed E-state index contributed by atoms with van der Waals surface area (Å²) in [5, 5.41) is 24.6. The van der Waals surface area contributed by atoms with Gasteiger partial charge < -0.3 is 19.8 Å². The Kier molecular flexibility index (Phi) is 9.30. The predicted octanol–water partition coefficient (Wildman–Crippen LogP) is 5.98. The van der Waals surface area contributed by atoms with Gasteiger partial charge in [-0.15, -0.1) is 23.1 Å². The Morgan fingerprint density at radius 2 is 2.23 bits per heavy atom. The maximum Gasteiger partial charge on any atom is 0.308 e. The molecule has 0 radical (unpaired) electrons. The van der Waals surface area contributed by atoms with Crippen LogP contribution in [0.2, 0.25) is 5.02 Å². The molecule has 35 heavy (non-hydrogen) atoms. The predicted molar refractivity (Wildman–Crippen MR) is 143 cm³/mol. The fourth-order valence-corrected chi connectivity index (χ4v) is 7.12. The minimum Gasteiger partial charge on any atom is -0.497 e. The van der Waals surface area contributed by atoms with Crippen molar-refractivity contribution in [2.24, 2.45) is 11.8 Å². The third kappa shape index (κ3) is 6.68. The molecule has 3 aromatic rings. The lowest BCUT2D eigenvalue weighted by Crippen LogP contribution is -2.44. The number of carboxylic acids is 1. The number of aliphatic hydroxyl groups is 1. The van der Waals surface area contributed by atoms with Gasteiger partial charge in [-0.2, -0.15) is 0 Å². The standard InChI is InChI=1S/C26H31ClN2O4S2/c1-33-18-4-5-23-20(15-18)19(7-10-28-23)24(30)6-3-17-8-12-29(16-21(17)25(31)32)11-2-13-34-26-22(27)9-14-35-26/h4-5,7,9-10,14-15,17,21,24,30H,2-3,6,8,11-13,16H2,1H3,(H,31,32)/t17-,21+,24-/m1/s1. The van der Waals surface area contributed by atoms with E-state index in [2.05, 4.69) is 9.88 Å². The van der Waals surface area contributed by atoms with E-state index in [9.17, 15) is 15.0 Å². The molecule has 9 heteroatoms. The highest BCUT2D eigenvalue weighted by molar-refractivity contribution is 8.01. The summed E-state index contributed by atoms with van der Waals surface area (Å²) in [5.41, 5.74) is 1.61. The molecular weight excluding hydrogens is 504 g/mol. The third-order valence-corrected chi connectivity index (χ3v) is 9.61. The zero-order valence-corrected chi connectivity index (χ0v) is 22.1. The topological polar surface area (TPSA) is 82.9 Å². The van der Waals surface area contributed by atoms with Crippen LogP contribution in [0.15, 0.2) is 46.1 Å². The van der Waals surface area contributed by atoms with Crippen LogP contribution in [-0.4, -0.2) is 58.6 Å². The number of carboxylic acid groups (broad SMARTS) is 1. The maximum atomic E-state index is 12.1. The molecule has 1 saturated heterocycles. The number of halogens is 1. The molecule has 2 N–H and O–H groups in total. The number of aliphatic hydroxyl groups excluding tert-OH is 1. The van der Waals surface area contributed by atoms with Gasteiger partial charge in [0.1, 0.15) is 5.75 Å². The molecule has 0 amide bonds. The van der Waals surface area contributed by atoms with Crippen molar-refractivity contribution in [1.82, 2.24) is 9.88 Å². The number of thiophene rings is 1. The van der Waals surface area contributed by atoms with Gasteiger partial charge in [-0.3, -0.25) is 9.78 Å². The van der Waals surface area contributed by atoms with Gasteiger partial charge in [0.2, 0.25) is 0 Å². The second kappa shape index (κ2) is 12.4. The Bertz CT molecular complexity index is 1140. The van der Waals surface area contributed by atoms with Crippen molar-refractivity contribution in [2.45, 2.75) is 36.0 Å². The van der Waals surface area contributed by atoms with Crippen LogP contribution in [0.25, 0.3) is 10.9 Å². The van der Waals surface area contributed by atoms with Crippen molar-refractivity contribution < 1.29 is 19.7 Å². The highest BCUT2D eigenvalue weighted by atomic mass is 35.5. The number of hydrogen-bond donors (Lipinski definition) is 2. The van der Waals surface area contributed by atoms with E-state index in [-0.39, 0.29) is 5.92 Å². The fraction of sp³-hybridized carbons (Fsp3) is 0.462. The summed E-state index contributed by atoms with van der Waals surface area (Å²) in [4.78, 5) is 18.7. The quantitative estimate of drug-likeness (QED) is 0.231. The molecule has 4 rings (SSSR count). The summed E-state index contributed by atoms with van der Waals surface area (Å²) in [6.45, 7) is 2.35. The number of ether oxygens (including phenoxy) is 1. The number of likely N-dealkylation sites (tertiary alicyclic amines) is 1. The first kappa shape index (κ1) is 26.2. The van der Waals surface area contributed by atoms with E-state index in [0.717, 1.165) is 57.4 Å². The van der Waals surface area contributed by atoms with Crippen molar-refractivity contribution in [1.29, 1.82) is 0 Å². The lowest BCUT2D eigenvalue weighted by Gasteiger charge is -2.37. The Balaban J connectivity index is 1.30. The average molecular weight is 535 g/mol. The Morgan fingerprint density at radius 1 is 1.37 bits per heavy atom. The van der Waals surface area contributed by atoms with Gasteiger partial charge in [0, 0.05) is 23.9 Å². The number of aliphatic carboxylic acids is 1. The molecule has 3 atom stereocenters. The SMILES string of the molecule is COc1ccc2nccc([C@H](O)CC[C@@H]3CCN(CCCSc4sccc4Cl)C[C@@H]3C(=O)O)c2c1. The molecule has 0 spiro atoms. The molecule has 1 aromatic carbocycles. The van der Waals surface area contributed by atoms with Gasteiger partial charge >= 0.3 is 5.97 Å². The average Bonchev–Trinajstić information content (AvgIpc) is 3.29. The largest absolute Gasteiger partial charge is 0.497 e. The Labute approximate surface area is 219 Å². The van der Waals surface area contributed by atoms with Crippen LogP contribution in [0.3, 0.4) is 0 Å². The zero-order chi connectivity index (χ0) is 24.8. The van der Waals surface area contributed by atoms with Crippen molar-refractivity contribution in [2.75, 3.05) is 32.5 Å². The summed E-state index contributed by atoms with van der Waals surface area (Å²) in [6, 6.07) is 9.39. The summed E-state index contributed by atoms with van der Waals surface area (Å²) in [5.74, 6) is 0.585. The fourth-order valence-electron chi connectivity index (χ4n) is 4.82. The number of methoxy groups -OCH3 is 1. The smallest absolute Gasteiger partial charge is 0.308 e. The number of hydrogen-bond acceptors (Lipinski definition) is 7. The molecule has 1 fully saturated rings. The van der Waals surface area contributed by atoms with Crippen LogP contribution in [0, 0.1) is 11.8 Å². The van der Waals surface area contributed by atoms with Crippen LogP contribution in [0.4, 0.5) is 0 Å². The number of pyridine rings is 1. The number of benzene rings is 1. The lowest BCUT2D eigenvalue weighted by atomic mass is 9.81. The second-order valence-corrected chi connectivity index (χ2v) is 11.6. The molecule has 0 bridgehead atoms. The molecule has 3 heterocycles. The maximum absolute atomic E-state index is 12.1. The van der Waals surface area contributed by atoms with Crippen LogP contribution < -0.4 is 4.74 Å². The first-order chi connectivity index (χ1) is 17.0. The van der Waals surface area contributed by atoms with E-state index in [1.807, 2.05) is 35.7 Å². The van der Waals surface area contributed by atoms with E-state index >= 15 is 0 Å². The molecule has 188 valence electrons. The number of aromatic nitrogens is 1. The van der Waals surface area contributed by atoms with Crippen LogP contribution in [-0.2, 0) is 4.79 Å². The third-order valence-electron chi connectivity index (χ3n) is 6.75. The molecule has 0 unspecified atom stereocenters. The van der Waals surface area contributed by atoms with Gasteiger partial charge in [-0.05, 0) is 86.0 Å². The van der Waals surface area contributed by atoms with Gasteiger partial charge in [-0.25, -0.2) is 0 Å². The molecule has 6 nitrogen and oxygen atoms in total. The second-order valence-electron chi connectivity index (χ2n) is 8.93. The summed E-state index contributed by atoms with van der Waals surface area (Å²) >= 11 is 9.58. The minimum atomic E-state index is -0.743. The summed E-state index contributed by atoms with van der Waals surface area (Å²) < 4.78 is 6.48. The van der Waals surface area contributed by atoms with Gasteiger partial charge in [0.25, 0.3) is 0 Å². The number of fused-ring (bicyclic) bond motifs is 1. The van der Waals surface area contributed by atoms with Crippen LogP contribution in [0.5, 0.6) is 5.75 Å². The lowest BCUT2D eigenvalue weighted by molar-refractivity contribution is -0.146. The molecule has 1 aliphatic heterocycles. The van der Waals surface area contributed by atoms with Crippen LogP contribution in [0.1, 0.15) is 37.4 Å². The van der Waals surface area contributed by atoms with E-state index in [1.165, 1.54) is 0 Å². The molecule has 0 saturated carbocycles. The molecule has 1 aliphatic rings. The van der Waals surface area contributed by atoms with Crippen molar-refractivity contribution in [3.8, 4) is 5.75 Å². The van der Waals surface area contributed by atoms with E-state index < -0.39 is 18.0 Å². The van der Waals surface area contributed by atoms with Crippen molar-refractivity contribution in [3.63, 3.8) is 0 Å². The highest BCUT2D eigenvalue weighted by Crippen LogP contribution is 2.35. The van der Waals surface area contributed by atoms with Gasteiger partial charge in [-0.1, -0.05) is 11.6 Å². The van der Waals surface area contributed by atoms with E-state index in [1.54, 1.807) is 36.4 Å². The van der Waals surface area contributed by atoms with Gasteiger partial charge in [0.15, 0.2) is 0 Å². The summed E-state index contributed by atoms with van der Waals surface area (Å²) in [6.07, 6.45) is 4.04. The minimum absolute atomic E-state index is 0.0559. The normalized spacial score (nSPS) is 19.6. The Hall–Kier alpha value is -1.84. The number of carbonyl (C=O) groups is 1. The number of piperidine rings is 1. The first-order valence-corrected chi connectivity index (χ1v) is 14.1. The molecule has 2 aromatic heterocycles. The monoisotopic (exact) mass is 534 g/mol. The zero-order valence-electron chi connectivity index (χ0n) is 19.7. The number of rotatable bonds is 11. The van der Waals surface area contributed by atoms with E-state index in [0.29, 0.717) is 25.1 Å². The summed E-state index contributed by atoms with van der Waals surface area (Å²) in [7, 11) is 1.62. The number of thioether (sulfide) groups is 1. The Morgan fingerprint density at radius 3 is 2.97 bits per heavy atom.